The number of carbonyl (C=O) groups is 1. The predicted molar refractivity (Wildman–Crippen MR) is 101 cm³/mol. The molecule has 0 spiro atoms. The second-order valence-corrected chi connectivity index (χ2v) is 8.09. The van der Waals surface area contributed by atoms with Crippen molar-refractivity contribution >= 4 is 17.2 Å². The van der Waals surface area contributed by atoms with Crippen LogP contribution in [0.1, 0.15) is 29.3 Å². The molecule has 6 heteroatoms. The van der Waals surface area contributed by atoms with E-state index < -0.39 is 0 Å². The third kappa shape index (κ3) is 3.92. The number of amides is 1. The fourth-order valence-electron chi connectivity index (χ4n) is 3.73. The number of para-hydroxylation sites is 1. The van der Waals surface area contributed by atoms with E-state index in [-0.39, 0.29) is 18.1 Å². The largest absolute Gasteiger partial charge is 0.492 e. The van der Waals surface area contributed by atoms with E-state index in [1.807, 2.05) is 29.6 Å². The molecule has 1 aromatic heterocycles. The molecule has 1 aliphatic heterocycles. The molecular weight excluding hydrogens is 348 g/mol. The highest BCUT2D eigenvalue weighted by Crippen LogP contribution is 2.39. The summed E-state index contributed by atoms with van der Waals surface area (Å²) in [7, 11) is 0. The van der Waals surface area contributed by atoms with E-state index in [2.05, 4.69) is 22.3 Å². The molecule has 0 saturated heterocycles. The van der Waals surface area contributed by atoms with Crippen molar-refractivity contribution in [3.05, 3.63) is 52.2 Å². The van der Waals surface area contributed by atoms with Crippen LogP contribution in [0.15, 0.2) is 41.8 Å². The van der Waals surface area contributed by atoms with E-state index in [0.29, 0.717) is 19.1 Å². The Balaban J connectivity index is 1.39. The molecule has 0 bridgehead atoms. The number of aliphatic hydroxyl groups excluding tert-OH is 1. The third-order valence-electron chi connectivity index (χ3n) is 5.19. The Bertz CT molecular complexity index is 743. The van der Waals surface area contributed by atoms with Gasteiger partial charge in [-0.25, -0.2) is 0 Å². The van der Waals surface area contributed by atoms with Crippen molar-refractivity contribution in [3.63, 3.8) is 0 Å². The molecule has 1 aliphatic carbocycles. The standard InChI is InChI=1S/C20H24N2O3S/c23-16-10-15(11-16)20(18-6-3-9-26-18)21-19(24)13-22-7-8-25-17-5-2-1-4-14(17)12-22/h1-6,9,15-16,20,23H,7-8,10-13H2,(H,21,24)/t15?,16?,20-/m1/s1. The maximum Gasteiger partial charge on any atom is 0.234 e. The van der Waals surface area contributed by atoms with Crippen molar-refractivity contribution in [2.45, 2.75) is 31.5 Å². The van der Waals surface area contributed by atoms with E-state index in [4.69, 9.17) is 4.74 Å². The van der Waals surface area contributed by atoms with Crippen molar-refractivity contribution in [3.8, 4) is 5.75 Å². The van der Waals surface area contributed by atoms with Gasteiger partial charge in [0.2, 0.25) is 5.91 Å². The average Bonchev–Trinajstić information content (AvgIpc) is 3.05. The number of fused-ring (bicyclic) bond motifs is 1. The lowest BCUT2D eigenvalue weighted by Crippen LogP contribution is -2.44. The van der Waals surface area contributed by atoms with Gasteiger partial charge >= 0.3 is 0 Å². The minimum absolute atomic E-state index is 0.00131. The second kappa shape index (κ2) is 7.78. The van der Waals surface area contributed by atoms with Crippen LogP contribution in [-0.4, -0.2) is 41.7 Å². The fraction of sp³-hybridized carbons (Fsp3) is 0.450. The highest BCUT2D eigenvalue weighted by Gasteiger charge is 2.36. The van der Waals surface area contributed by atoms with Gasteiger partial charge in [-0.05, 0) is 36.3 Å². The Morgan fingerprint density at radius 1 is 1.31 bits per heavy atom. The van der Waals surface area contributed by atoms with Gasteiger partial charge in [0.05, 0.1) is 18.7 Å². The summed E-state index contributed by atoms with van der Waals surface area (Å²) in [5, 5.41) is 14.9. The Morgan fingerprint density at radius 3 is 2.92 bits per heavy atom. The zero-order chi connectivity index (χ0) is 17.9. The topological polar surface area (TPSA) is 61.8 Å². The van der Waals surface area contributed by atoms with Gasteiger partial charge in [-0.3, -0.25) is 9.69 Å². The van der Waals surface area contributed by atoms with Crippen LogP contribution in [0, 0.1) is 5.92 Å². The summed E-state index contributed by atoms with van der Waals surface area (Å²) in [4.78, 5) is 16.0. The number of rotatable bonds is 5. The SMILES string of the molecule is O=C(CN1CCOc2ccccc2C1)N[C@@H](c1cccs1)C1CC(O)C1. The Hall–Kier alpha value is -1.89. The van der Waals surface area contributed by atoms with Crippen molar-refractivity contribution in [1.82, 2.24) is 10.2 Å². The molecule has 0 radical (unpaired) electrons. The number of hydrogen-bond donors (Lipinski definition) is 2. The third-order valence-corrected chi connectivity index (χ3v) is 6.14. The maximum absolute atomic E-state index is 12.7. The number of ether oxygens (including phenoxy) is 1. The Morgan fingerprint density at radius 2 is 2.15 bits per heavy atom. The first-order valence-corrected chi connectivity index (χ1v) is 10.0. The van der Waals surface area contributed by atoms with Gasteiger partial charge in [0, 0.05) is 23.5 Å². The van der Waals surface area contributed by atoms with E-state index in [9.17, 15) is 9.90 Å². The first kappa shape index (κ1) is 17.5. The quantitative estimate of drug-likeness (QED) is 0.847. The summed E-state index contributed by atoms with van der Waals surface area (Å²) in [6.07, 6.45) is 1.29. The minimum Gasteiger partial charge on any atom is -0.492 e. The maximum atomic E-state index is 12.7. The molecule has 2 aromatic rings. The zero-order valence-corrected chi connectivity index (χ0v) is 15.5. The number of aliphatic hydroxyl groups is 1. The molecule has 1 atom stereocenters. The van der Waals surface area contributed by atoms with Gasteiger partial charge in [0.25, 0.3) is 0 Å². The van der Waals surface area contributed by atoms with Gasteiger partial charge in [-0.1, -0.05) is 24.3 Å². The van der Waals surface area contributed by atoms with Crippen molar-refractivity contribution in [2.24, 2.45) is 5.92 Å². The van der Waals surface area contributed by atoms with Crippen LogP contribution in [0.2, 0.25) is 0 Å². The molecule has 4 rings (SSSR count). The van der Waals surface area contributed by atoms with Crippen molar-refractivity contribution in [2.75, 3.05) is 19.7 Å². The number of nitrogens with zero attached hydrogens (tertiary/aromatic N) is 1. The summed E-state index contributed by atoms with van der Waals surface area (Å²) in [6, 6.07) is 12.1. The van der Waals surface area contributed by atoms with Gasteiger partial charge in [-0.2, -0.15) is 0 Å². The molecule has 138 valence electrons. The fourth-order valence-corrected chi connectivity index (χ4v) is 4.60. The minimum atomic E-state index is -0.223. The predicted octanol–water partition coefficient (Wildman–Crippen LogP) is 2.57. The van der Waals surface area contributed by atoms with E-state index in [0.717, 1.165) is 37.2 Å². The molecule has 2 heterocycles. The summed E-state index contributed by atoms with van der Waals surface area (Å²) in [5.74, 6) is 1.26. The average molecular weight is 372 g/mol. The normalized spacial score (nSPS) is 23.9. The van der Waals surface area contributed by atoms with Gasteiger partial charge < -0.3 is 15.2 Å². The number of nitrogens with one attached hydrogen (secondary N) is 1. The van der Waals surface area contributed by atoms with E-state index >= 15 is 0 Å². The van der Waals surface area contributed by atoms with Crippen molar-refractivity contribution in [1.29, 1.82) is 0 Å². The summed E-state index contributed by atoms with van der Waals surface area (Å²) >= 11 is 1.66. The molecule has 1 amide bonds. The van der Waals surface area contributed by atoms with Crippen molar-refractivity contribution < 1.29 is 14.6 Å². The number of benzene rings is 1. The number of hydrogen-bond acceptors (Lipinski definition) is 5. The second-order valence-electron chi connectivity index (χ2n) is 7.11. The summed E-state index contributed by atoms with van der Waals surface area (Å²) in [5.41, 5.74) is 1.12. The molecule has 1 aromatic carbocycles. The van der Waals surface area contributed by atoms with Crippen LogP contribution in [0.25, 0.3) is 0 Å². The monoisotopic (exact) mass is 372 g/mol. The lowest BCUT2D eigenvalue weighted by Gasteiger charge is -2.38. The van der Waals surface area contributed by atoms with Crippen LogP contribution in [0.4, 0.5) is 0 Å². The molecule has 1 saturated carbocycles. The molecule has 2 aliphatic rings. The van der Waals surface area contributed by atoms with Crippen LogP contribution in [0.5, 0.6) is 5.75 Å². The summed E-state index contributed by atoms with van der Waals surface area (Å²) < 4.78 is 5.78. The van der Waals surface area contributed by atoms with Crippen LogP contribution < -0.4 is 10.1 Å². The highest BCUT2D eigenvalue weighted by atomic mass is 32.1. The van der Waals surface area contributed by atoms with Crippen LogP contribution in [-0.2, 0) is 11.3 Å². The lowest BCUT2D eigenvalue weighted by molar-refractivity contribution is -0.124. The van der Waals surface area contributed by atoms with Crippen LogP contribution in [0.3, 0.4) is 0 Å². The first-order chi connectivity index (χ1) is 12.7. The molecular formula is C20H24N2O3S. The molecule has 5 nitrogen and oxygen atoms in total. The number of carbonyl (C=O) groups excluding carboxylic acids is 1. The molecule has 1 fully saturated rings. The highest BCUT2D eigenvalue weighted by molar-refractivity contribution is 7.10. The lowest BCUT2D eigenvalue weighted by atomic mass is 9.77. The Kier molecular flexibility index (Phi) is 5.24. The van der Waals surface area contributed by atoms with Gasteiger partial charge in [0.1, 0.15) is 12.4 Å². The Labute approximate surface area is 157 Å². The van der Waals surface area contributed by atoms with E-state index in [1.165, 1.54) is 4.88 Å². The number of thiophene rings is 1. The van der Waals surface area contributed by atoms with Gasteiger partial charge in [-0.15, -0.1) is 11.3 Å². The zero-order valence-electron chi connectivity index (χ0n) is 14.6. The summed E-state index contributed by atoms with van der Waals surface area (Å²) in [6.45, 7) is 2.39. The van der Waals surface area contributed by atoms with Gasteiger partial charge in [0.15, 0.2) is 0 Å². The molecule has 0 unspecified atom stereocenters. The van der Waals surface area contributed by atoms with Crippen LogP contribution >= 0.6 is 11.3 Å². The molecule has 2 N–H and O–H groups in total. The smallest absolute Gasteiger partial charge is 0.234 e. The van der Waals surface area contributed by atoms with E-state index in [1.54, 1.807) is 11.3 Å². The molecule has 26 heavy (non-hydrogen) atoms. The first-order valence-electron chi connectivity index (χ1n) is 9.13.